The second kappa shape index (κ2) is 8.95. The smallest absolute Gasteiger partial charge is 0.264 e. The SMILES string of the molecule is O=C(NCCn1ncc2c(=O)n(Cc3cccc(Cl)c3)cnc21)C1COc2ccccc2O1. The number of rotatable bonds is 6. The zero-order valence-corrected chi connectivity index (χ0v) is 18.2. The van der Waals surface area contributed by atoms with Crippen molar-refractivity contribution in [1.29, 1.82) is 0 Å². The number of nitrogens with one attached hydrogen (secondary N) is 1. The van der Waals surface area contributed by atoms with Gasteiger partial charge in [-0.3, -0.25) is 14.2 Å². The molecule has 0 bridgehead atoms. The van der Waals surface area contributed by atoms with E-state index in [0.717, 1.165) is 5.56 Å². The number of hydrogen-bond acceptors (Lipinski definition) is 6. The molecule has 33 heavy (non-hydrogen) atoms. The van der Waals surface area contributed by atoms with E-state index in [4.69, 9.17) is 21.1 Å². The summed E-state index contributed by atoms with van der Waals surface area (Å²) >= 11 is 6.03. The molecule has 3 heterocycles. The highest BCUT2D eigenvalue weighted by molar-refractivity contribution is 6.30. The molecule has 5 rings (SSSR count). The predicted octanol–water partition coefficient (Wildman–Crippen LogP) is 2.25. The van der Waals surface area contributed by atoms with E-state index in [2.05, 4.69) is 15.4 Å². The zero-order chi connectivity index (χ0) is 22.8. The summed E-state index contributed by atoms with van der Waals surface area (Å²) < 4.78 is 14.4. The van der Waals surface area contributed by atoms with Gasteiger partial charge in [-0.2, -0.15) is 5.10 Å². The van der Waals surface area contributed by atoms with Crippen molar-refractivity contribution in [2.24, 2.45) is 0 Å². The first-order valence-corrected chi connectivity index (χ1v) is 10.8. The molecule has 9 nitrogen and oxygen atoms in total. The van der Waals surface area contributed by atoms with Crippen molar-refractivity contribution in [3.05, 3.63) is 82.0 Å². The monoisotopic (exact) mass is 465 g/mol. The third-order valence-electron chi connectivity index (χ3n) is 5.29. The van der Waals surface area contributed by atoms with Crippen LogP contribution in [-0.4, -0.2) is 44.5 Å². The minimum absolute atomic E-state index is 0.140. The van der Waals surface area contributed by atoms with Gasteiger partial charge in [-0.25, -0.2) is 9.67 Å². The minimum atomic E-state index is -0.730. The average molecular weight is 466 g/mol. The van der Waals surface area contributed by atoms with Crippen molar-refractivity contribution in [3.63, 3.8) is 0 Å². The van der Waals surface area contributed by atoms with Gasteiger partial charge in [0, 0.05) is 11.6 Å². The van der Waals surface area contributed by atoms with E-state index in [-0.39, 0.29) is 18.1 Å². The molecule has 0 spiro atoms. The lowest BCUT2D eigenvalue weighted by atomic mass is 10.2. The van der Waals surface area contributed by atoms with Crippen LogP contribution in [0.3, 0.4) is 0 Å². The Morgan fingerprint density at radius 1 is 1.18 bits per heavy atom. The van der Waals surface area contributed by atoms with Crippen molar-refractivity contribution in [1.82, 2.24) is 24.6 Å². The highest BCUT2D eigenvalue weighted by Gasteiger charge is 2.27. The molecule has 1 aliphatic heterocycles. The van der Waals surface area contributed by atoms with Crippen molar-refractivity contribution in [3.8, 4) is 11.5 Å². The third-order valence-corrected chi connectivity index (χ3v) is 5.52. The maximum absolute atomic E-state index is 12.9. The van der Waals surface area contributed by atoms with E-state index in [9.17, 15) is 9.59 Å². The Morgan fingerprint density at radius 3 is 2.88 bits per heavy atom. The number of nitrogens with zero attached hydrogens (tertiary/aromatic N) is 4. The van der Waals surface area contributed by atoms with E-state index in [0.29, 0.717) is 47.2 Å². The van der Waals surface area contributed by atoms with Gasteiger partial charge < -0.3 is 14.8 Å². The first-order chi connectivity index (χ1) is 16.1. The summed E-state index contributed by atoms with van der Waals surface area (Å²) in [6.45, 7) is 1.14. The standard InChI is InChI=1S/C23H20ClN5O4/c24-16-5-3-4-15(10-16)12-28-14-26-21-17(23(28)31)11-27-29(21)9-8-25-22(30)20-13-32-18-6-1-2-7-19(18)33-20/h1-7,10-11,14,20H,8-9,12-13H2,(H,25,30). The molecule has 1 amide bonds. The summed E-state index contributed by atoms with van der Waals surface area (Å²) in [5, 5.41) is 8.11. The topological polar surface area (TPSA) is 100 Å². The molecule has 0 saturated carbocycles. The first kappa shape index (κ1) is 21.0. The normalized spacial score (nSPS) is 14.9. The van der Waals surface area contributed by atoms with Crippen LogP contribution in [0.1, 0.15) is 5.56 Å². The summed E-state index contributed by atoms with van der Waals surface area (Å²) in [5.41, 5.74) is 1.17. The lowest BCUT2D eigenvalue weighted by molar-refractivity contribution is -0.130. The van der Waals surface area contributed by atoms with Crippen LogP contribution < -0.4 is 20.3 Å². The fraction of sp³-hybridized carbons (Fsp3) is 0.217. The summed E-state index contributed by atoms with van der Waals surface area (Å²) in [7, 11) is 0. The molecule has 168 valence electrons. The largest absolute Gasteiger partial charge is 0.485 e. The highest BCUT2D eigenvalue weighted by atomic mass is 35.5. The summed E-state index contributed by atoms with van der Waals surface area (Å²) in [4.78, 5) is 29.7. The van der Waals surface area contributed by atoms with Gasteiger partial charge in [-0.15, -0.1) is 0 Å². The number of carbonyl (C=O) groups is 1. The van der Waals surface area contributed by atoms with Gasteiger partial charge in [0.05, 0.1) is 19.3 Å². The van der Waals surface area contributed by atoms with Crippen LogP contribution in [0.4, 0.5) is 0 Å². The first-order valence-electron chi connectivity index (χ1n) is 10.4. The molecular weight excluding hydrogens is 446 g/mol. The Kier molecular flexibility index (Phi) is 5.70. The summed E-state index contributed by atoms with van der Waals surface area (Å²) in [6.07, 6.45) is 2.26. The second-order valence-corrected chi connectivity index (χ2v) is 8.00. The molecule has 10 heteroatoms. The van der Waals surface area contributed by atoms with Crippen LogP contribution in [-0.2, 0) is 17.9 Å². The average Bonchev–Trinajstić information content (AvgIpc) is 3.24. The number of para-hydroxylation sites is 2. The lowest BCUT2D eigenvalue weighted by Gasteiger charge is -2.25. The fourth-order valence-corrected chi connectivity index (χ4v) is 3.87. The number of ether oxygens (including phenoxy) is 2. The quantitative estimate of drug-likeness (QED) is 0.469. The summed E-state index contributed by atoms with van der Waals surface area (Å²) in [5.74, 6) is 0.884. The molecule has 0 fully saturated rings. The van der Waals surface area contributed by atoms with Gasteiger partial charge in [-0.05, 0) is 29.8 Å². The van der Waals surface area contributed by atoms with E-state index >= 15 is 0 Å². The molecule has 1 unspecified atom stereocenters. The Bertz CT molecular complexity index is 1380. The van der Waals surface area contributed by atoms with Crippen molar-refractivity contribution in [2.45, 2.75) is 19.2 Å². The van der Waals surface area contributed by atoms with Gasteiger partial charge in [0.1, 0.15) is 18.3 Å². The van der Waals surface area contributed by atoms with Crippen LogP contribution in [0.15, 0.2) is 65.8 Å². The molecule has 2 aromatic heterocycles. The second-order valence-electron chi connectivity index (χ2n) is 7.57. The molecule has 1 atom stereocenters. The van der Waals surface area contributed by atoms with Crippen molar-refractivity contribution < 1.29 is 14.3 Å². The van der Waals surface area contributed by atoms with Gasteiger partial charge in [0.15, 0.2) is 17.1 Å². The fourth-order valence-electron chi connectivity index (χ4n) is 3.65. The molecule has 2 aromatic carbocycles. The van der Waals surface area contributed by atoms with E-state index < -0.39 is 6.10 Å². The summed E-state index contributed by atoms with van der Waals surface area (Å²) in [6, 6.07) is 14.5. The Labute approximate surface area is 193 Å². The Hall–Kier alpha value is -3.85. The third kappa shape index (κ3) is 4.40. The van der Waals surface area contributed by atoms with Crippen LogP contribution >= 0.6 is 11.6 Å². The maximum atomic E-state index is 12.9. The van der Waals surface area contributed by atoms with Crippen molar-refractivity contribution in [2.75, 3.05) is 13.2 Å². The number of aromatic nitrogens is 4. The number of halogens is 1. The van der Waals surface area contributed by atoms with Gasteiger partial charge in [0.2, 0.25) is 6.10 Å². The number of fused-ring (bicyclic) bond motifs is 2. The van der Waals surface area contributed by atoms with Crippen LogP contribution in [0, 0.1) is 0 Å². The molecule has 1 N–H and O–H groups in total. The number of carbonyl (C=O) groups excluding carboxylic acids is 1. The molecule has 1 aliphatic rings. The van der Waals surface area contributed by atoms with Crippen molar-refractivity contribution >= 4 is 28.5 Å². The molecular formula is C23H20ClN5O4. The Morgan fingerprint density at radius 2 is 2.03 bits per heavy atom. The van der Waals surface area contributed by atoms with E-state index in [1.165, 1.54) is 17.1 Å². The van der Waals surface area contributed by atoms with Gasteiger partial charge in [-0.1, -0.05) is 35.9 Å². The van der Waals surface area contributed by atoms with Gasteiger partial charge in [0.25, 0.3) is 11.5 Å². The molecule has 4 aromatic rings. The minimum Gasteiger partial charge on any atom is -0.485 e. The predicted molar refractivity (Wildman–Crippen MR) is 122 cm³/mol. The number of amides is 1. The lowest BCUT2D eigenvalue weighted by Crippen LogP contribution is -2.44. The number of benzene rings is 2. The van der Waals surface area contributed by atoms with Gasteiger partial charge >= 0.3 is 0 Å². The Balaban J connectivity index is 1.22. The molecule has 0 saturated heterocycles. The van der Waals surface area contributed by atoms with Crippen LogP contribution in [0.5, 0.6) is 11.5 Å². The van der Waals surface area contributed by atoms with E-state index in [1.807, 2.05) is 30.3 Å². The maximum Gasteiger partial charge on any atom is 0.264 e. The molecule has 0 aliphatic carbocycles. The van der Waals surface area contributed by atoms with Crippen LogP contribution in [0.2, 0.25) is 5.02 Å². The molecule has 0 radical (unpaired) electrons. The zero-order valence-electron chi connectivity index (χ0n) is 17.5. The number of hydrogen-bond donors (Lipinski definition) is 1. The van der Waals surface area contributed by atoms with Crippen LogP contribution in [0.25, 0.3) is 11.0 Å². The van der Waals surface area contributed by atoms with E-state index in [1.54, 1.807) is 22.9 Å². The highest BCUT2D eigenvalue weighted by Crippen LogP contribution is 2.30.